The molecule has 2 unspecified atom stereocenters. The second kappa shape index (κ2) is 9.62. The molecule has 1 N–H and O–H groups in total. The Kier molecular flexibility index (Phi) is 6.68. The van der Waals surface area contributed by atoms with E-state index in [-0.39, 0.29) is 17.9 Å². The molecule has 2 atom stereocenters. The molecule has 1 aliphatic rings. The maximum absolute atomic E-state index is 12.9. The number of hydrogen-bond acceptors (Lipinski definition) is 5. The van der Waals surface area contributed by atoms with Crippen molar-refractivity contribution in [3.8, 4) is 11.4 Å². The summed E-state index contributed by atoms with van der Waals surface area (Å²) in [7, 11) is 0. The number of aromatic nitrogens is 2. The molecule has 1 fully saturated rings. The van der Waals surface area contributed by atoms with Crippen molar-refractivity contribution in [1.82, 2.24) is 20.4 Å². The number of likely N-dealkylation sites (tertiary alicyclic amines) is 1. The van der Waals surface area contributed by atoms with E-state index in [1.807, 2.05) is 37.3 Å². The summed E-state index contributed by atoms with van der Waals surface area (Å²) in [5, 5.41) is 7.85. The number of carbonyl (C=O) groups excluding carboxylic acids is 1. The van der Waals surface area contributed by atoms with Crippen LogP contribution in [-0.4, -0.2) is 34.0 Å². The fourth-order valence-electron chi connectivity index (χ4n) is 4.16. The van der Waals surface area contributed by atoms with Crippen LogP contribution in [0.15, 0.2) is 53.1 Å². The van der Waals surface area contributed by atoms with Gasteiger partial charge >= 0.3 is 0 Å². The highest BCUT2D eigenvalue weighted by atomic mass is 35.5. The van der Waals surface area contributed by atoms with Gasteiger partial charge in [0.05, 0.1) is 23.5 Å². The Bertz CT molecular complexity index is 1050. The Labute approximate surface area is 187 Å². The highest BCUT2D eigenvalue weighted by Crippen LogP contribution is 2.26. The number of rotatable bonds is 6. The van der Waals surface area contributed by atoms with Crippen LogP contribution in [0.25, 0.3) is 11.4 Å². The van der Waals surface area contributed by atoms with Crippen LogP contribution in [0.5, 0.6) is 0 Å². The van der Waals surface area contributed by atoms with Gasteiger partial charge in [0.25, 0.3) is 0 Å². The number of halogens is 1. The van der Waals surface area contributed by atoms with Crippen LogP contribution in [0, 0.1) is 12.8 Å². The van der Waals surface area contributed by atoms with Crippen LogP contribution >= 0.6 is 11.6 Å². The molecule has 0 spiro atoms. The minimum atomic E-state index is -0.0498. The number of piperidine rings is 1. The molecule has 0 aliphatic carbocycles. The summed E-state index contributed by atoms with van der Waals surface area (Å²) >= 11 is 6.23. The largest absolute Gasteiger partial charge is 0.349 e. The number of aryl methyl sites for hydroxylation is 1. The summed E-state index contributed by atoms with van der Waals surface area (Å²) in [4.78, 5) is 19.6. The second-order valence-electron chi connectivity index (χ2n) is 8.15. The lowest BCUT2D eigenvalue weighted by Gasteiger charge is -2.31. The van der Waals surface area contributed by atoms with Crippen LogP contribution in [0.4, 0.5) is 0 Å². The molecular formula is C24H27ClN4O2. The molecule has 4 rings (SSSR count). The quantitative estimate of drug-likeness (QED) is 0.599. The van der Waals surface area contributed by atoms with E-state index < -0.39 is 0 Å². The summed E-state index contributed by atoms with van der Waals surface area (Å²) in [6.45, 7) is 6.21. The molecule has 3 aromatic rings. The van der Waals surface area contributed by atoms with Gasteiger partial charge in [0.2, 0.25) is 17.6 Å². The Morgan fingerprint density at radius 2 is 2.03 bits per heavy atom. The first kappa shape index (κ1) is 21.5. The SMILES string of the molecule is Cc1ccccc1C(C)NC(=O)C1CCCN(Cc2nc(-c3ccccc3Cl)no2)C1. The lowest BCUT2D eigenvalue weighted by atomic mass is 9.95. The first-order valence-electron chi connectivity index (χ1n) is 10.7. The van der Waals surface area contributed by atoms with Crippen LogP contribution in [0.3, 0.4) is 0 Å². The van der Waals surface area contributed by atoms with Gasteiger partial charge in [-0.3, -0.25) is 9.69 Å². The van der Waals surface area contributed by atoms with Crippen molar-refractivity contribution in [2.24, 2.45) is 5.92 Å². The number of hydrogen-bond donors (Lipinski definition) is 1. The summed E-state index contributed by atoms with van der Waals surface area (Å²) < 4.78 is 5.45. The fourth-order valence-corrected chi connectivity index (χ4v) is 4.38. The number of nitrogens with one attached hydrogen (secondary N) is 1. The Hall–Kier alpha value is -2.70. The topological polar surface area (TPSA) is 71.3 Å². The van der Waals surface area contributed by atoms with Gasteiger partial charge < -0.3 is 9.84 Å². The van der Waals surface area contributed by atoms with Crippen LogP contribution in [0.2, 0.25) is 5.02 Å². The smallest absolute Gasteiger partial charge is 0.241 e. The molecule has 31 heavy (non-hydrogen) atoms. The third-order valence-corrected chi connectivity index (χ3v) is 6.16. The Morgan fingerprint density at radius 3 is 2.84 bits per heavy atom. The Morgan fingerprint density at radius 1 is 1.26 bits per heavy atom. The molecule has 7 heteroatoms. The third kappa shape index (κ3) is 5.14. The molecule has 1 saturated heterocycles. The van der Waals surface area contributed by atoms with Gasteiger partial charge in [0, 0.05) is 12.1 Å². The van der Waals surface area contributed by atoms with E-state index in [1.54, 1.807) is 6.07 Å². The van der Waals surface area contributed by atoms with Crippen molar-refractivity contribution in [2.75, 3.05) is 13.1 Å². The van der Waals surface area contributed by atoms with Gasteiger partial charge in [-0.15, -0.1) is 0 Å². The number of nitrogens with zero attached hydrogens (tertiary/aromatic N) is 3. The van der Waals surface area contributed by atoms with E-state index in [0.717, 1.165) is 30.5 Å². The van der Waals surface area contributed by atoms with E-state index in [2.05, 4.69) is 39.4 Å². The predicted molar refractivity (Wildman–Crippen MR) is 120 cm³/mol. The predicted octanol–water partition coefficient (Wildman–Crippen LogP) is 4.79. The van der Waals surface area contributed by atoms with Gasteiger partial charge in [0.1, 0.15) is 0 Å². The van der Waals surface area contributed by atoms with Crippen LogP contribution in [0.1, 0.15) is 42.8 Å². The Balaban J connectivity index is 1.36. The normalized spacial score (nSPS) is 18.0. The summed E-state index contributed by atoms with van der Waals surface area (Å²) in [5.74, 6) is 1.07. The summed E-state index contributed by atoms with van der Waals surface area (Å²) in [5.41, 5.74) is 3.09. The molecule has 0 radical (unpaired) electrons. The standard InChI is InChI=1S/C24H27ClN4O2/c1-16-8-3-4-10-19(16)17(2)26-24(30)18-9-7-13-29(14-18)15-22-27-23(28-31-22)20-11-5-6-12-21(20)25/h3-6,8,10-12,17-18H,7,9,13-15H2,1-2H3,(H,26,30). The van der Waals surface area contributed by atoms with Gasteiger partial charge in [-0.05, 0) is 56.5 Å². The number of carbonyl (C=O) groups is 1. The molecule has 2 heterocycles. The average Bonchev–Trinajstić information content (AvgIpc) is 3.22. The third-order valence-electron chi connectivity index (χ3n) is 5.83. The van der Waals surface area contributed by atoms with Crippen molar-refractivity contribution in [1.29, 1.82) is 0 Å². The molecule has 1 aromatic heterocycles. The molecule has 162 valence electrons. The molecule has 6 nitrogen and oxygen atoms in total. The van der Waals surface area contributed by atoms with Crippen molar-refractivity contribution >= 4 is 17.5 Å². The molecular weight excluding hydrogens is 412 g/mol. The lowest BCUT2D eigenvalue weighted by molar-refractivity contribution is -0.127. The molecule has 2 aromatic carbocycles. The monoisotopic (exact) mass is 438 g/mol. The van der Waals surface area contributed by atoms with Crippen molar-refractivity contribution in [3.63, 3.8) is 0 Å². The first-order chi connectivity index (χ1) is 15.0. The highest BCUT2D eigenvalue weighted by molar-refractivity contribution is 6.33. The molecule has 0 saturated carbocycles. The number of amides is 1. The van der Waals surface area contributed by atoms with Crippen LogP contribution < -0.4 is 5.32 Å². The van der Waals surface area contributed by atoms with Gasteiger partial charge in [0.15, 0.2) is 0 Å². The number of benzene rings is 2. The van der Waals surface area contributed by atoms with Gasteiger partial charge in [-0.25, -0.2) is 0 Å². The highest BCUT2D eigenvalue weighted by Gasteiger charge is 2.28. The van der Waals surface area contributed by atoms with E-state index in [1.165, 1.54) is 5.56 Å². The zero-order valence-corrected chi connectivity index (χ0v) is 18.6. The van der Waals surface area contributed by atoms with E-state index in [9.17, 15) is 4.79 Å². The van der Waals surface area contributed by atoms with E-state index in [4.69, 9.17) is 16.1 Å². The van der Waals surface area contributed by atoms with E-state index in [0.29, 0.717) is 29.8 Å². The van der Waals surface area contributed by atoms with Crippen LogP contribution in [-0.2, 0) is 11.3 Å². The van der Waals surface area contributed by atoms with E-state index >= 15 is 0 Å². The minimum Gasteiger partial charge on any atom is -0.349 e. The van der Waals surface area contributed by atoms with Gasteiger partial charge in [-0.2, -0.15) is 4.98 Å². The second-order valence-corrected chi connectivity index (χ2v) is 8.56. The molecule has 1 aliphatic heterocycles. The lowest BCUT2D eigenvalue weighted by Crippen LogP contribution is -2.43. The minimum absolute atomic E-state index is 0.0156. The van der Waals surface area contributed by atoms with Crippen molar-refractivity contribution < 1.29 is 9.32 Å². The molecule has 0 bridgehead atoms. The fraction of sp³-hybridized carbons (Fsp3) is 0.375. The maximum atomic E-state index is 12.9. The summed E-state index contributed by atoms with van der Waals surface area (Å²) in [6, 6.07) is 15.6. The average molecular weight is 439 g/mol. The zero-order chi connectivity index (χ0) is 21.8. The summed E-state index contributed by atoms with van der Waals surface area (Å²) in [6.07, 6.45) is 1.85. The molecule has 1 amide bonds. The van der Waals surface area contributed by atoms with Crippen molar-refractivity contribution in [3.05, 3.63) is 70.6 Å². The maximum Gasteiger partial charge on any atom is 0.241 e. The first-order valence-corrected chi connectivity index (χ1v) is 11.0. The van der Waals surface area contributed by atoms with Crippen molar-refractivity contribution in [2.45, 2.75) is 39.3 Å². The zero-order valence-electron chi connectivity index (χ0n) is 17.8. The van der Waals surface area contributed by atoms with Gasteiger partial charge in [-0.1, -0.05) is 53.2 Å².